The average molecular weight is 368 g/mol. The first-order valence-corrected chi connectivity index (χ1v) is 8.93. The van der Waals surface area contributed by atoms with Crippen molar-refractivity contribution < 1.29 is 19.1 Å². The van der Waals surface area contributed by atoms with Crippen molar-refractivity contribution in [3.05, 3.63) is 22.2 Å². The Labute approximate surface area is 151 Å². The molecule has 1 atom stereocenters. The number of fused-ring (bicyclic) bond motifs is 1. The van der Waals surface area contributed by atoms with Gasteiger partial charge in [0.1, 0.15) is 11.8 Å². The fraction of sp³-hybridized carbons (Fsp3) is 0.647. The maximum Gasteiger partial charge on any atom is 0.303 e. The van der Waals surface area contributed by atoms with Gasteiger partial charge >= 0.3 is 5.97 Å². The van der Waals surface area contributed by atoms with Crippen LogP contribution in [0, 0.1) is 0 Å². The normalized spacial score (nSPS) is 25.3. The van der Waals surface area contributed by atoms with Crippen LogP contribution in [0.25, 0.3) is 0 Å². The summed E-state index contributed by atoms with van der Waals surface area (Å²) in [5.74, 6) is -0.626. The molecule has 1 N–H and O–H groups in total. The van der Waals surface area contributed by atoms with E-state index in [4.69, 9.17) is 21.1 Å². The Morgan fingerprint density at radius 3 is 2.52 bits per heavy atom. The SMILES string of the molecule is CO[C@H]1CC[C@H](NC(=O)c2nc(Cl)nc3c2CCC3OC(C)=O)CC1. The lowest BCUT2D eigenvalue weighted by Crippen LogP contribution is -2.39. The van der Waals surface area contributed by atoms with Crippen molar-refractivity contribution in [2.75, 3.05) is 7.11 Å². The van der Waals surface area contributed by atoms with Crippen LogP contribution in [0.1, 0.15) is 66.9 Å². The third-order valence-electron chi connectivity index (χ3n) is 4.84. The van der Waals surface area contributed by atoms with Crippen molar-refractivity contribution in [2.45, 2.75) is 63.7 Å². The Balaban J connectivity index is 1.74. The molecule has 1 unspecified atom stereocenters. The third-order valence-corrected chi connectivity index (χ3v) is 5.01. The van der Waals surface area contributed by atoms with Gasteiger partial charge in [-0.2, -0.15) is 0 Å². The highest BCUT2D eigenvalue weighted by molar-refractivity contribution is 6.28. The van der Waals surface area contributed by atoms with Crippen molar-refractivity contribution >= 4 is 23.5 Å². The monoisotopic (exact) mass is 367 g/mol. The van der Waals surface area contributed by atoms with Crippen LogP contribution in [0.2, 0.25) is 5.28 Å². The number of nitrogens with zero attached hydrogens (tertiary/aromatic N) is 2. The lowest BCUT2D eigenvalue weighted by Gasteiger charge is -2.28. The number of hydrogen-bond acceptors (Lipinski definition) is 6. The fourth-order valence-corrected chi connectivity index (χ4v) is 3.77. The number of methoxy groups -OCH3 is 1. The number of carbonyl (C=O) groups is 2. The molecule has 0 aromatic carbocycles. The number of aromatic nitrogens is 2. The van der Waals surface area contributed by atoms with Gasteiger partial charge in [-0.1, -0.05) is 0 Å². The van der Waals surface area contributed by atoms with Crippen molar-refractivity contribution in [2.24, 2.45) is 0 Å². The molecule has 1 aromatic rings. The highest BCUT2D eigenvalue weighted by atomic mass is 35.5. The van der Waals surface area contributed by atoms with Gasteiger partial charge in [0.25, 0.3) is 5.91 Å². The average Bonchev–Trinajstić information content (AvgIpc) is 2.97. The molecule has 0 radical (unpaired) electrons. The first-order valence-electron chi connectivity index (χ1n) is 8.55. The summed E-state index contributed by atoms with van der Waals surface area (Å²) in [7, 11) is 1.72. The molecule has 8 heteroatoms. The van der Waals surface area contributed by atoms with Gasteiger partial charge in [-0.15, -0.1) is 0 Å². The Kier molecular flexibility index (Phi) is 5.54. The zero-order chi connectivity index (χ0) is 18.0. The summed E-state index contributed by atoms with van der Waals surface area (Å²) in [6.07, 6.45) is 4.60. The maximum absolute atomic E-state index is 12.7. The summed E-state index contributed by atoms with van der Waals surface area (Å²) in [5.41, 5.74) is 1.56. The minimum atomic E-state index is -0.461. The van der Waals surface area contributed by atoms with E-state index >= 15 is 0 Å². The molecule has 3 rings (SSSR count). The molecule has 25 heavy (non-hydrogen) atoms. The summed E-state index contributed by atoms with van der Waals surface area (Å²) < 4.78 is 10.6. The molecular weight excluding hydrogens is 346 g/mol. The Morgan fingerprint density at radius 1 is 1.16 bits per heavy atom. The predicted octanol–water partition coefficient (Wildman–Crippen LogP) is 2.37. The van der Waals surface area contributed by atoms with E-state index in [9.17, 15) is 9.59 Å². The molecule has 1 saturated carbocycles. The number of hydrogen-bond donors (Lipinski definition) is 1. The van der Waals surface area contributed by atoms with E-state index in [0.29, 0.717) is 24.2 Å². The van der Waals surface area contributed by atoms with Crippen LogP contribution in [-0.2, 0) is 20.7 Å². The molecule has 2 aliphatic carbocycles. The molecule has 0 saturated heterocycles. The van der Waals surface area contributed by atoms with Gasteiger partial charge in [-0.05, 0) is 50.1 Å². The lowest BCUT2D eigenvalue weighted by molar-refractivity contribution is -0.146. The van der Waals surface area contributed by atoms with Gasteiger partial charge < -0.3 is 14.8 Å². The Hall–Kier alpha value is -1.73. The van der Waals surface area contributed by atoms with Crippen LogP contribution in [0.3, 0.4) is 0 Å². The van der Waals surface area contributed by atoms with E-state index in [1.54, 1.807) is 7.11 Å². The van der Waals surface area contributed by atoms with E-state index in [0.717, 1.165) is 31.2 Å². The molecule has 1 heterocycles. The van der Waals surface area contributed by atoms with Crippen molar-refractivity contribution in [1.82, 2.24) is 15.3 Å². The van der Waals surface area contributed by atoms with Crippen LogP contribution < -0.4 is 5.32 Å². The molecule has 0 aliphatic heterocycles. The Morgan fingerprint density at radius 2 is 1.88 bits per heavy atom. The lowest BCUT2D eigenvalue weighted by atomic mass is 9.93. The summed E-state index contributed by atoms with van der Waals surface area (Å²) in [6.45, 7) is 1.35. The quantitative estimate of drug-likeness (QED) is 0.649. The number of esters is 1. The summed E-state index contributed by atoms with van der Waals surface area (Å²) in [4.78, 5) is 32.3. The molecular formula is C17H22ClN3O4. The number of nitrogens with one attached hydrogen (secondary N) is 1. The number of halogens is 1. The number of rotatable bonds is 4. The second-order valence-electron chi connectivity index (χ2n) is 6.52. The molecule has 0 bridgehead atoms. The second-order valence-corrected chi connectivity index (χ2v) is 6.86. The van der Waals surface area contributed by atoms with Gasteiger partial charge in [0.05, 0.1) is 11.8 Å². The van der Waals surface area contributed by atoms with Crippen LogP contribution >= 0.6 is 11.6 Å². The van der Waals surface area contributed by atoms with E-state index < -0.39 is 6.10 Å². The van der Waals surface area contributed by atoms with E-state index in [-0.39, 0.29) is 29.3 Å². The molecule has 7 nitrogen and oxygen atoms in total. The van der Waals surface area contributed by atoms with Gasteiger partial charge in [0, 0.05) is 25.6 Å². The van der Waals surface area contributed by atoms with Crippen molar-refractivity contribution in [3.63, 3.8) is 0 Å². The highest BCUT2D eigenvalue weighted by Crippen LogP contribution is 2.35. The van der Waals surface area contributed by atoms with Gasteiger partial charge in [0.15, 0.2) is 0 Å². The first-order chi connectivity index (χ1) is 12.0. The summed E-state index contributed by atoms with van der Waals surface area (Å²) >= 11 is 6.00. The smallest absolute Gasteiger partial charge is 0.303 e. The van der Waals surface area contributed by atoms with Crippen LogP contribution in [0.4, 0.5) is 0 Å². The predicted molar refractivity (Wildman–Crippen MR) is 90.4 cm³/mol. The minimum Gasteiger partial charge on any atom is -0.456 e. The van der Waals surface area contributed by atoms with Gasteiger partial charge in [0.2, 0.25) is 5.28 Å². The molecule has 1 fully saturated rings. The van der Waals surface area contributed by atoms with E-state index in [1.807, 2.05) is 0 Å². The first kappa shape index (κ1) is 18.1. The third kappa shape index (κ3) is 4.10. The van der Waals surface area contributed by atoms with Crippen molar-refractivity contribution in [3.8, 4) is 0 Å². The largest absolute Gasteiger partial charge is 0.456 e. The maximum atomic E-state index is 12.7. The second kappa shape index (κ2) is 7.66. The number of carbonyl (C=O) groups excluding carboxylic acids is 2. The van der Waals surface area contributed by atoms with Gasteiger partial charge in [-0.3, -0.25) is 9.59 Å². The van der Waals surface area contributed by atoms with E-state index in [2.05, 4.69) is 15.3 Å². The molecule has 1 amide bonds. The number of ether oxygens (including phenoxy) is 2. The molecule has 1 aromatic heterocycles. The highest BCUT2D eigenvalue weighted by Gasteiger charge is 2.33. The number of amides is 1. The molecule has 136 valence electrons. The van der Waals surface area contributed by atoms with Crippen LogP contribution in [0.15, 0.2) is 0 Å². The van der Waals surface area contributed by atoms with Crippen molar-refractivity contribution in [1.29, 1.82) is 0 Å². The minimum absolute atomic E-state index is 0.00829. The zero-order valence-electron chi connectivity index (χ0n) is 14.4. The standard InChI is InChI=1S/C17H22ClN3O4/c1-9(22)25-13-8-7-12-14(13)20-17(18)21-15(12)16(23)19-10-3-5-11(24-2)6-4-10/h10-11,13H,3-8H2,1-2H3,(H,19,23)/t10-,11-,13?. The topological polar surface area (TPSA) is 90.4 Å². The van der Waals surface area contributed by atoms with Gasteiger partial charge in [-0.25, -0.2) is 9.97 Å². The van der Waals surface area contributed by atoms with Crippen LogP contribution in [0.5, 0.6) is 0 Å². The van der Waals surface area contributed by atoms with Crippen LogP contribution in [-0.4, -0.2) is 41.1 Å². The molecule has 2 aliphatic rings. The summed E-state index contributed by atoms with van der Waals surface area (Å²) in [5, 5.41) is 3.03. The fourth-order valence-electron chi connectivity index (χ4n) is 3.60. The zero-order valence-corrected chi connectivity index (χ0v) is 15.1. The van der Waals surface area contributed by atoms with E-state index in [1.165, 1.54) is 6.92 Å². The molecule has 0 spiro atoms. The Bertz CT molecular complexity index is 674. The summed E-state index contributed by atoms with van der Waals surface area (Å²) in [6, 6.07) is 0.106.